The third kappa shape index (κ3) is 3.00. The van der Waals surface area contributed by atoms with Gasteiger partial charge in [-0.15, -0.1) is 0 Å². The maximum Gasteiger partial charge on any atom is 0.0769 e. The minimum atomic E-state index is 0.454. The van der Waals surface area contributed by atoms with E-state index in [0.717, 1.165) is 30.2 Å². The van der Waals surface area contributed by atoms with E-state index in [-0.39, 0.29) is 0 Å². The molecule has 1 aliphatic rings. The Morgan fingerprint density at radius 1 is 1.08 bits per heavy atom. The summed E-state index contributed by atoms with van der Waals surface area (Å²) < 4.78 is 3.96. The Morgan fingerprint density at radius 2 is 1.88 bits per heavy atom. The molecule has 0 saturated carbocycles. The highest BCUT2D eigenvalue weighted by Gasteiger charge is 2.30. The summed E-state index contributed by atoms with van der Waals surface area (Å²) in [6.07, 6.45) is 4.49. The molecule has 1 atom stereocenters. The van der Waals surface area contributed by atoms with Crippen molar-refractivity contribution >= 4 is 0 Å². The predicted molar refractivity (Wildman–Crippen MR) is 98.6 cm³/mol. The fourth-order valence-electron chi connectivity index (χ4n) is 3.99. The zero-order chi connectivity index (χ0) is 17.4. The van der Waals surface area contributed by atoms with Crippen molar-refractivity contribution in [2.45, 2.75) is 39.3 Å². The maximum absolute atomic E-state index is 4.78. The van der Waals surface area contributed by atoms with Gasteiger partial charge in [0.25, 0.3) is 0 Å². The summed E-state index contributed by atoms with van der Waals surface area (Å²) in [5.41, 5.74) is 6.07. The van der Waals surface area contributed by atoms with Crippen molar-refractivity contribution < 1.29 is 0 Å². The molecule has 1 fully saturated rings. The number of benzene rings is 1. The van der Waals surface area contributed by atoms with E-state index in [1.165, 1.54) is 24.1 Å². The topological polar surface area (TPSA) is 38.9 Å². The molecular weight excluding hydrogens is 310 g/mol. The molecule has 0 aliphatic carbocycles. The normalized spacial score (nSPS) is 18.1. The Morgan fingerprint density at radius 3 is 2.60 bits per heavy atom. The first-order chi connectivity index (χ1) is 12.1. The fraction of sp³-hybridized carbons (Fsp3) is 0.400. The zero-order valence-corrected chi connectivity index (χ0v) is 15.2. The number of nitrogens with zero attached hydrogens (tertiary/aromatic N) is 5. The highest BCUT2D eigenvalue weighted by atomic mass is 15.3. The summed E-state index contributed by atoms with van der Waals surface area (Å²) >= 11 is 0. The van der Waals surface area contributed by atoms with Crippen LogP contribution in [0.5, 0.6) is 0 Å². The van der Waals surface area contributed by atoms with Crippen LogP contribution < -0.4 is 0 Å². The molecule has 5 nitrogen and oxygen atoms in total. The second-order valence-electron chi connectivity index (χ2n) is 6.92. The van der Waals surface area contributed by atoms with Crippen LogP contribution in [0.4, 0.5) is 0 Å². The number of para-hydroxylation sites is 1. The van der Waals surface area contributed by atoms with E-state index in [2.05, 4.69) is 48.2 Å². The molecule has 2 aromatic heterocycles. The van der Waals surface area contributed by atoms with Crippen LogP contribution in [0.15, 0.2) is 42.6 Å². The minimum absolute atomic E-state index is 0.454. The molecule has 5 heteroatoms. The van der Waals surface area contributed by atoms with Crippen LogP contribution in [-0.4, -0.2) is 31.0 Å². The highest BCUT2D eigenvalue weighted by molar-refractivity contribution is 5.31. The highest BCUT2D eigenvalue weighted by Crippen LogP contribution is 2.36. The average Bonchev–Trinajstić information content (AvgIpc) is 3.31. The van der Waals surface area contributed by atoms with Gasteiger partial charge in [0.2, 0.25) is 0 Å². The molecule has 25 heavy (non-hydrogen) atoms. The van der Waals surface area contributed by atoms with Crippen molar-refractivity contribution in [2.75, 3.05) is 6.54 Å². The molecule has 0 bridgehead atoms. The molecule has 130 valence electrons. The van der Waals surface area contributed by atoms with Crippen LogP contribution in [0.3, 0.4) is 0 Å². The average molecular weight is 335 g/mol. The van der Waals surface area contributed by atoms with Crippen molar-refractivity contribution in [3.63, 3.8) is 0 Å². The van der Waals surface area contributed by atoms with Gasteiger partial charge >= 0.3 is 0 Å². The third-order valence-corrected chi connectivity index (χ3v) is 5.29. The summed E-state index contributed by atoms with van der Waals surface area (Å²) in [6.45, 7) is 6.31. The lowest BCUT2D eigenvalue weighted by Crippen LogP contribution is -2.24. The van der Waals surface area contributed by atoms with Crippen LogP contribution in [0, 0.1) is 13.8 Å². The van der Waals surface area contributed by atoms with Crippen LogP contribution in [0.2, 0.25) is 0 Å². The molecule has 0 spiro atoms. The maximum atomic E-state index is 4.78. The van der Waals surface area contributed by atoms with E-state index in [4.69, 9.17) is 5.10 Å². The first kappa shape index (κ1) is 16.1. The molecule has 1 aromatic carbocycles. The first-order valence-electron chi connectivity index (χ1n) is 8.97. The van der Waals surface area contributed by atoms with E-state index in [9.17, 15) is 0 Å². The molecule has 1 saturated heterocycles. The lowest BCUT2D eigenvalue weighted by molar-refractivity contribution is 0.244. The SMILES string of the molecule is Cc1nn(C)c(C)c1[C@H]1CCCN1Cc1ccn(-c2ccccc2)n1. The van der Waals surface area contributed by atoms with Crippen molar-refractivity contribution in [3.8, 4) is 5.69 Å². The van der Waals surface area contributed by atoms with Gasteiger partial charge in [0.1, 0.15) is 0 Å². The van der Waals surface area contributed by atoms with Crippen LogP contribution in [-0.2, 0) is 13.6 Å². The van der Waals surface area contributed by atoms with Gasteiger partial charge in [-0.25, -0.2) is 4.68 Å². The molecular formula is C20H25N5. The number of rotatable bonds is 4. The zero-order valence-electron chi connectivity index (χ0n) is 15.2. The summed E-state index contributed by atoms with van der Waals surface area (Å²) in [4.78, 5) is 2.55. The Labute approximate surface area is 148 Å². The number of likely N-dealkylation sites (tertiary alicyclic amines) is 1. The van der Waals surface area contributed by atoms with Gasteiger partial charge in [-0.05, 0) is 51.4 Å². The summed E-state index contributed by atoms with van der Waals surface area (Å²) in [6, 6.07) is 12.9. The minimum Gasteiger partial charge on any atom is -0.290 e. The van der Waals surface area contributed by atoms with Crippen molar-refractivity contribution in [2.24, 2.45) is 7.05 Å². The second-order valence-corrected chi connectivity index (χ2v) is 6.92. The Balaban J connectivity index is 1.55. The summed E-state index contributed by atoms with van der Waals surface area (Å²) in [5, 5.41) is 9.39. The van der Waals surface area contributed by atoms with Gasteiger partial charge in [-0.2, -0.15) is 10.2 Å². The van der Waals surface area contributed by atoms with E-state index in [1.54, 1.807) is 0 Å². The Bertz CT molecular complexity index is 862. The Hall–Kier alpha value is -2.40. The standard InChI is InChI=1S/C20H25N5/c1-15-20(16(2)23(3)21-15)19-10-7-12-24(19)14-17-11-13-25(22-17)18-8-5-4-6-9-18/h4-6,8-9,11,13,19H,7,10,12,14H2,1-3H3/t19-/m1/s1. The van der Waals surface area contributed by atoms with E-state index < -0.39 is 0 Å². The van der Waals surface area contributed by atoms with Crippen LogP contribution in [0.1, 0.15) is 41.5 Å². The molecule has 0 N–H and O–H groups in total. The quantitative estimate of drug-likeness (QED) is 0.732. The fourth-order valence-corrected chi connectivity index (χ4v) is 3.99. The lowest BCUT2D eigenvalue weighted by Gasteiger charge is -2.24. The van der Waals surface area contributed by atoms with Crippen LogP contribution in [0.25, 0.3) is 5.69 Å². The summed E-state index contributed by atoms with van der Waals surface area (Å²) in [5.74, 6) is 0. The number of aromatic nitrogens is 4. The number of hydrogen-bond donors (Lipinski definition) is 0. The van der Waals surface area contributed by atoms with Gasteiger partial charge in [0.05, 0.1) is 17.1 Å². The van der Waals surface area contributed by atoms with Crippen molar-refractivity contribution in [1.82, 2.24) is 24.5 Å². The molecule has 1 aliphatic heterocycles. The first-order valence-corrected chi connectivity index (χ1v) is 8.97. The predicted octanol–water partition coefficient (Wildman–Crippen LogP) is 3.56. The van der Waals surface area contributed by atoms with E-state index >= 15 is 0 Å². The van der Waals surface area contributed by atoms with Gasteiger partial charge in [-0.3, -0.25) is 9.58 Å². The molecule has 0 amide bonds. The lowest BCUT2D eigenvalue weighted by atomic mass is 10.0. The number of aryl methyl sites for hydroxylation is 2. The second kappa shape index (κ2) is 6.48. The molecule has 0 unspecified atom stereocenters. The van der Waals surface area contributed by atoms with Gasteiger partial charge in [0, 0.05) is 37.1 Å². The van der Waals surface area contributed by atoms with Crippen LogP contribution >= 0.6 is 0 Å². The Kier molecular flexibility index (Phi) is 4.17. The van der Waals surface area contributed by atoms with Gasteiger partial charge in [0.15, 0.2) is 0 Å². The largest absolute Gasteiger partial charge is 0.290 e. The number of hydrogen-bond acceptors (Lipinski definition) is 3. The van der Waals surface area contributed by atoms with Crippen molar-refractivity contribution in [3.05, 3.63) is 65.2 Å². The van der Waals surface area contributed by atoms with E-state index in [0.29, 0.717) is 6.04 Å². The van der Waals surface area contributed by atoms with Gasteiger partial charge < -0.3 is 0 Å². The third-order valence-electron chi connectivity index (χ3n) is 5.29. The molecule has 3 heterocycles. The van der Waals surface area contributed by atoms with E-state index in [1.807, 2.05) is 34.6 Å². The smallest absolute Gasteiger partial charge is 0.0769 e. The molecule has 4 rings (SSSR count). The summed E-state index contributed by atoms with van der Waals surface area (Å²) in [7, 11) is 2.03. The van der Waals surface area contributed by atoms with Gasteiger partial charge in [-0.1, -0.05) is 18.2 Å². The van der Waals surface area contributed by atoms with Crippen molar-refractivity contribution in [1.29, 1.82) is 0 Å². The molecule has 0 radical (unpaired) electrons. The molecule has 3 aromatic rings. The monoisotopic (exact) mass is 335 g/mol.